The first-order chi connectivity index (χ1) is 4.25. The van der Waals surface area contributed by atoms with Crippen LogP contribution in [0.25, 0.3) is 0 Å². The molecule has 1 rings (SSSR count). The number of hydroxylamine groups is 2. The monoisotopic (exact) mass is 129 g/mol. The maximum absolute atomic E-state index is 5.25. The summed E-state index contributed by atoms with van der Waals surface area (Å²) in [5.74, 6) is 0. The summed E-state index contributed by atoms with van der Waals surface area (Å²) >= 11 is 0. The molecule has 0 amide bonds. The van der Waals surface area contributed by atoms with Crippen molar-refractivity contribution >= 4 is 0 Å². The molecule has 0 radical (unpaired) electrons. The lowest BCUT2D eigenvalue weighted by Crippen LogP contribution is -2.11. The molecule has 2 unspecified atom stereocenters. The standard InChI is InChI=1S/C7H15NO/c1-4-5-7-8(9-7)6(2)3/h6-7H,4-5H2,1-3H3. The second-order valence-corrected chi connectivity index (χ2v) is 2.80. The van der Waals surface area contributed by atoms with Crippen molar-refractivity contribution in [3.8, 4) is 0 Å². The van der Waals surface area contributed by atoms with E-state index in [1.165, 1.54) is 12.8 Å². The maximum Gasteiger partial charge on any atom is 0.154 e. The maximum atomic E-state index is 5.25. The van der Waals surface area contributed by atoms with Crippen LogP contribution in [-0.2, 0) is 4.84 Å². The Kier molecular flexibility index (Phi) is 2.09. The third kappa shape index (κ3) is 1.66. The quantitative estimate of drug-likeness (QED) is 0.540. The molecule has 1 fully saturated rings. The van der Waals surface area contributed by atoms with Gasteiger partial charge in [0.05, 0.1) is 0 Å². The van der Waals surface area contributed by atoms with Gasteiger partial charge in [-0.1, -0.05) is 13.3 Å². The summed E-state index contributed by atoms with van der Waals surface area (Å²) in [6.45, 7) is 6.48. The van der Waals surface area contributed by atoms with Gasteiger partial charge in [0.2, 0.25) is 0 Å². The van der Waals surface area contributed by atoms with Crippen molar-refractivity contribution in [2.24, 2.45) is 0 Å². The normalized spacial score (nSPS) is 33.3. The van der Waals surface area contributed by atoms with Crippen molar-refractivity contribution in [2.45, 2.75) is 45.9 Å². The van der Waals surface area contributed by atoms with Gasteiger partial charge in [0, 0.05) is 6.04 Å². The SMILES string of the molecule is CCCC1ON1C(C)C. The minimum Gasteiger partial charge on any atom is -0.275 e. The summed E-state index contributed by atoms with van der Waals surface area (Å²) in [5, 5.41) is 2.05. The fourth-order valence-corrected chi connectivity index (χ4v) is 0.994. The molecule has 0 aromatic heterocycles. The first-order valence-corrected chi connectivity index (χ1v) is 3.70. The van der Waals surface area contributed by atoms with Crippen LogP contribution in [-0.4, -0.2) is 17.3 Å². The predicted molar refractivity (Wildman–Crippen MR) is 36.8 cm³/mol. The fourth-order valence-electron chi connectivity index (χ4n) is 0.994. The predicted octanol–water partition coefficient (Wildman–Crippen LogP) is 1.77. The lowest BCUT2D eigenvalue weighted by Gasteiger charge is -1.98. The van der Waals surface area contributed by atoms with Crippen LogP contribution in [0, 0.1) is 0 Å². The summed E-state index contributed by atoms with van der Waals surface area (Å²) in [5.41, 5.74) is 0. The summed E-state index contributed by atoms with van der Waals surface area (Å²) in [6, 6.07) is 0.557. The smallest absolute Gasteiger partial charge is 0.154 e. The van der Waals surface area contributed by atoms with Crippen molar-refractivity contribution in [3.63, 3.8) is 0 Å². The third-order valence-electron chi connectivity index (χ3n) is 1.53. The van der Waals surface area contributed by atoms with E-state index in [9.17, 15) is 0 Å². The van der Waals surface area contributed by atoms with Crippen molar-refractivity contribution in [2.75, 3.05) is 0 Å². The van der Waals surface area contributed by atoms with Gasteiger partial charge in [0.1, 0.15) is 0 Å². The number of nitrogens with zero attached hydrogens (tertiary/aromatic N) is 1. The minimum absolute atomic E-state index is 0.440. The Hall–Kier alpha value is -0.0800. The molecule has 2 atom stereocenters. The van der Waals surface area contributed by atoms with Gasteiger partial charge in [-0.25, -0.2) is 0 Å². The highest BCUT2D eigenvalue weighted by Crippen LogP contribution is 2.26. The molecule has 0 aliphatic carbocycles. The summed E-state index contributed by atoms with van der Waals surface area (Å²) < 4.78 is 0. The Morgan fingerprint density at radius 2 is 2.22 bits per heavy atom. The molecule has 9 heavy (non-hydrogen) atoms. The molecule has 2 heteroatoms. The second-order valence-electron chi connectivity index (χ2n) is 2.80. The van der Waals surface area contributed by atoms with Crippen LogP contribution in [0.5, 0.6) is 0 Å². The van der Waals surface area contributed by atoms with Crippen molar-refractivity contribution < 1.29 is 4.84 Å². The Balaban J connectivity index is 2.09. The Morgan fingerprint density at radius 1 is 1.56 bits per heavy atom. The van der Waals surface area contributed by atoms with E-state index in [0.717, 1.165) is 0 Å². The average molecular weight is 129 g/mol. The number of hydrogen-bond acceptors (Lipinski definition) is 2. The van der Waals surface area contributed by atoms with E-state index >= 15 is 0 Å². The second kappa shape index (κ2) is 2.67. The van der Waals surface area contributed by atoms with Gasteiger partial charge >= 0.3 is 0 Å². The first kappa shape index (κ1) is 7.03. The molecule has 0 N–H and O–H groups in total. The van der Waals surface area contributed by atoms with Crippen molar-refractivity contribution in [1.29, 1.82) is 0 Å². The highest BCUT2D eigenvalue weighted by atomic mass is 16.8. The van der Waals surface area contributed by atoms with Gasteiger partial charge in [-0.2, -0.15) is 5.06 Å². The minimum atomic E-state index is 0.440. The molecule has 54 valence electrons. The van der Waals surface area contributed by atoms with E-state index in [-0.39, 0.29) is 0 Å². The zero-order chi connectivity index (χ0) is 6.85. The molecule has 1 aliphatic rings. The molecule has 1 aliphatic heterocycles. The zero-order valence-corrected chi connectivity index (χ0v) is 6.42. The lowest BCUT2D eigenvalue weighted by molar-refractivity contribution is 0.163. The van der Waals surface area contributed by atoms with E-state index in [4.69, 9.17) is 4.84 Å². The number of rotatable bonds is 3. The van der Waals surface area contributed by atoms with Crippen LogP contribution in [0.15, 0.2) is 0 Å². The Labute approximate surface area is 56.8 Å². The van der Waals surface area contributed by atoms with Crippen molar-refractivity contribution in [3.05, 3.63) is 0 Å². The van der Waals surface area contributed by atoms with Gasteiger partial charge in [-0.3, -0.25) is 4.84 Å². The zero-order valence-electron chi connectivity index (χ0n) is 6.42. The molecule has 1 saturated heterocycles. The van der Waals surface area contributed by atoms with E-state index in [0.29, 0.717) is 12.3 Å². The molecule has 0 spiro atoms. The topological polar surface area (TPSA) is 15.5 Å². The first-order valence-electron chi connectivity index (χ1n) is 3.70. The molecular formula is C7H15NO. The van der Waals surface area contributed by atoms with Gasteiger partial charge < -0.3 is 0 Å². The van der Waals surface area contributed by atoms with Crippen LogP contribution in [0.4, 0.5) is 0 Å². The molecule has 0 bridgehead atoms. The highest BCUT2D eigenvalue weighted by Gasteiger charge is 2.37. The van der Waals surface area contributed by atoms with E-state index in [1.54, 1.807) is 0 Å². The van der Waals surface area contributed by atoms with Crippen LogP contribution in [0.2, 0.25) is 0 Å². The molecule has 2 nitrogen and oxygen atoms in total. The van der Waals surface area contributed by atoms with Crippen LogP contribution >= 0.6 is 0 Å². The van der Waals surface area contributed by atoms with Gasteiger partial charge in [-0.05, 0) is 20.3 Å². The molecule has 0 aromatic carbocycles. The molecule has 1 heterocycles. The summed E-state index contributed by atoms with van der Waals surface area (Å²) in [7, 11) is 0. The van der Waals surface area contributed by atoms with Crippen LogP contribution < -0.4 is 0 Å². The van der Waals surface area contributed by atoms with Gasteiger partial charge in [-0.15, -0.1) is 0 Å². The van der Waals surface area contributed by atoms with Crippen LogP contribution in [0.3, 0.4) is 0 Å². The third-order valence-corrected chi connectivity index (χ3v) is 1.53. The highest BCUT2D eigenvalue weighted by molar-refractivity contribution is 4.68. The van der Waals surface area contributed by atoms with E-state index in [1.807, 2.05) is 5.06 Å². The van der Waals surface area contributed by atoms with Gasteiger partial charge in [0.25, 0.3) is 0 Å². The van der Waals surface area contributed by atoms with E-state index < -0.39 is 0 Å². The molecular weight excluding hydrogens is 114 g/mol. The summed E-state index contributed by atoms with van der Waals surface area (Å²) in [6.07, 6.45) is 2.83. The van der Waals surface area contributed by atoms with Gasteiger partial charge in [0.15, 0.2) is 6.23 Å². The molecule has 0 saturated carbocycles. The fraction of sp³-hybridized carbons (Fsp3) is 1.00. The van der Waals surface area contributed by atoms with Crippen LogP contribution in [0.1, 0.15) is 33.6 Å². The largest absolute Gasteiger partial charge is 0.275 e. The Bertz CT molecular complexity index is 92.9. The molecule has 0 aromatic rings. The van der Waals surface area contributed by atoms with Crippen molar-refractivity contribution in [1.82, 2.24) is 5.06 Å². The Morgan fingerprint density at radius 3 is 2.56 bits per heavy atom. The lowest BCUT2D eigenvalue weighted by atomic mass is 10.3. The summed E-state index contributed by atoms with van der Waals surface area (Å²) in [4.78, 5) is 5.25. The average Bonchev–Trinajstić information content (AvgIpc) is 2.47. The van der Waals surface area contributed by atoms with E-state index in [2.05, 4.69) is 20.8 Å². The number of hydrogen-bond donors (Lipinski definition) is 0.